The fraction of sp³-hybridized carbons (Fsp3) is 0.308. The van der Waals surface area contributed by atoms with E-state index in [1.54, 1.807) is 25.1 Å². The molecule has 0 aliphatic rings. The molecule has 1 amide bonds. The van der Waals surface area contributed by atoms with Crippen LogP contribution in [0, 0.1) is 6.92 Å². The van der Waals surface area contributed by atoms with E-state index >= 15 is 0 Å². The summed E-state index contributed by atoms with van der Waals surface area (Å²) >= 11 is 6.09. The Morgan fingerprint density at radius 3 is 2.75 bits per heavy atom. The number of rotatable bonds is 4. The number of carbonyl (C=O) groups is 1. The summed E-state index contributed by atoms with van der Waals surface area (Å²) in [7, 11) is 0. The monoisotopic (exact) mass is 294 g/mol. The molecule has 0 atom stereocenters. The van der Waals surface area contributed by atoms with E-state index in [-0.39, 0.29) is 11.9 Å². The number of H-pyrrole nitrogens is 1. The smallest absolute Gasteiger partial charge is 0.295 e. The second-order valence-electron chi connectivity index (χ2n) is 4.51. The number of ether oxygens (including phenoxy) is 1. The minimum absolute atomic E-state index is 0.0316. The van der Waals surface area contributed by atoms with Crippen LogP contribution in [0.15, 0.2) is 18.2 Å². The first-order valence-electron chi connectivity index (χ1n) is 6.12. The minimum atomic E-state index is -0.400. The Kier molecular flexibility index (Phi) is 4.24. The van der Waals surface area contributed by atoms with Gasteiger partial charge in [-0.1, -0.05) is 11.6 Å². The molecule has 7 heteroatoms. The van der Waals surface area contributed by atoms with Gasteiger partial charge in [-0.3, -0.25) is 9.89 Å². The van der Waals surface area contributed by atoms with Crippen molar-refractivity contribution in [1.82, 2.24) is 15.2 Å². The molecule has 2 aromatic rings. The number of nitrogens with zero attached hydrogens (tertiary/aromatic N) is 2. The van der Waals surface area contributed by atoms with Crippen molar-refractivity contribution >= 4 is 23.2 Å². The van der Waals surface area contributed by atoms with Crippen molar-refractivity contribution in [1.29, 1.82) is 0 Å². The van der Waals surface area contributed by atoms with Gasteiger partial charge in [0.1, 0.15) is 11.6 Å². The quantitative estimate of drug-likeness (QED) is 0.908. The summed E-state index contributed by atoms with van der Waals surface area (Å²) in [5, 5.41) is 9.50. The van der Waals surface area contributed by atoms with Crippen LogP contribution in [0.5, 0.6) is 5.75 Å². The van der Waals surface area contributed by atoms with Crippen LogP contribution in [-0.4, -0.2) is 27.2 Å². The van der Waals surface area contributed by atoms with Crippen LogP contribution in [0.3, 0.4) is 0 Å². The first kappa shape index (κ1) is 14.3. The molecule has 106 valence electrons. The molecule has 0 aliphatic heterocycles. The van der Waals surface area contributed by atoms with Crippen LogP contribution in [0.2, 0.25) is 5.02 Å². The second kappa shape index (κ2) is 5.92. The number of hydrogen-bond acceptors (Lipinski definition) is 4. The summed E-state index contributed by atoms with van der Waals surface area (Å²) in [5.41, 5.74) is 0.554. The maximum Gasteiger partial charge on any atom is 0.295 e. The molecule has 0 fully saturated rings. The van der Waals surface area contributed by atoms with Crippen molar-refractivity contribution in [2.45, 2.75) is 26.9 Å². The molecule has 0 saturated heterocycles. The molecule has 0 unspecified atom stereocenters. The van der Waals surface area contributed by atoms with Gasteiger partial charge in [0.05, 0.1) is 11.1 Å². The molecule has 0 aliphatic carbocycles. The predicted molar refractivity (Wildman–Crippen MR) is 76.3 cm³/mol. The third-order valence-corrected chi connectivity index (χ3v) is 2.65. The molecule has 0 bridgehead atoms. The molecule has 6 nitrogen and oxygen atoms in total. The summed E-state index contributed by atoms with van der Waals surface area (Å²) in [5.74, 6) is 0.839. The first-order valence-corrected chi connectivity index (χ1v) is 6.50. The van der Waals surface area contributed by atoms with Crippen LogP contribution in [0.25, 0.3) is 0 Å². The maximum atomic E-state index is 11.9. The molecule has 1 aromatic carbocycles. The zero-order valence-electron chi connectivity index (χ0n) is 11.4. The number of halogens is 1. The van der Waals surface area contributed by atoms with Crippen molar-refractivity contribution in [2.24, 2.45) is 0 Å². The number of carbonyl (C=O) groups excluding carboxylic acids is 1. The summed E-state index contributed by atoms with van der Waals surface area (Å²) < 4.78 is 5.52. The van der Waals surface area contributed by atoms with Crippen LogP contribution < -0.4 is 10.1 Å². The summed E-state index contributed by atoms with van der Waals surface area (Å²) in [6, 6.07) is 5.04. The fourth-order valence-corrected chi connectivity index (χ4v) is 1.78. The lowest BCUT2D eigenvalue weighted by molar-refractivity contribution is 0.101. The van der Waals surface area contributed by atoms with Gasteiger partial charge in [-0.2, -0.15) is 0 Å². The molecule has 20 heavy (non-hydrogen) atoms. The molecule has 2 N–H and O–H groups in total. The van der Waals surface area contributed by atoms with Gasteiger partial charge < -0.3 is 10.1 Å². The van der Waals surface area contributed by atoms with Gasteiger partial charge in [0.25, 0.3) is 5.91 Å². The van der Waals surface area contributed by atoms with E-state index in [2.05, 4.69) is 20.5 Å². The summed E-state index contributed by atoms with van der Waals surface area (Å²) in [6.45, 7) is 5.55. The number of hydrogen-bond donors (Lipinski definition) is 2. The van der Waals surface area contributed by atoms with Gasteiger partial charge in [-0.15, -0.1) is 5.10 Å². The summed E-state index contributed by atoms with van der Waals surface area (Å²) in [6.07, 6.45) is 0.0316. The van der Waals surface area contributed by atoms with Crippen molar-refractivity contribution in [2.75, 3.05) is 5.32 Å². The van der Waals surface area contributed by atoms with Crippen LogP contribution >= 0.6 is 11.6 Å². The number of aromatic nitrogens is 3. The minimum Gasteiger partial charge on any atom is -0.489 e. The number of anilines is 1. The van der Waals surface area contributed by atoms with E-state index in [1.807, 2.05) is 13.8 Å². The number of benzene rings is 1. The Labute approximate surface area is 121 Å². The van der Waals surface area contributed by atoms with Crippen molar-refractivity contribution in [3.63, 3.8) is 0 Å². The standard InChI is InChI=1S/C13H15ClN4O2/c1-7(2)20-11-5-4-9(6-10(11)14)16-13(19)12-15-8(3)17-18-12/h4-7H,1-3H3,(H,16,19)(H,15,17,18). The topological polar surface area (TPSA) is 79.9 Å². The third kappa shape index (κ3) is 3.48. The van der Waals surface area contributed by atoms with Gasteiger partial charge in [0.15, 0.2) is 0 Å². The van der Waals surface area contributed by atoms with Crippen molar-refractivity contribution < 1.29 is 9.53 Å². The summed E-state index contributed by atoms with van der Waals surface area (Å²) in [4.78, 5) is 15.8. The van der Waals surface area contributed by atoms with E-state index in [1.165, 1.54) is 0 Å². The predicted octanol–water partition coefficient (Wildman–Crippen LogP) is 2.81. The van der Waals surface area contributed by atoms with Gasteiger partial charge in [0.2, 0.25) is 5.82 Å². The zero-order chi connectivity index (χ0) is 14.7. The number of nitrogens with one attached hydrogen (secondary N) is 2. The molecule has 0 spiro atoms. The molecule has 0 saturated carbocycles. The second-order valence-corrected chi connectivity index (χ2v) is 4.92. The highest BCUT2D eigenvalue weighted by Gasteiger charge is 2.12. The molecule has 1 heterocycles. The van der Waals surface area contributed by atoms with E-state index < -0.39 is 5.91 Å². The van der Waals surface area contributed by atoms with Crippen molar-refractivity contribution in [3.05, 3.63) is 34.9 Å². The Bertz CT molecular complexity index is 625. The van der Waals surface area contributed by atoms with Gasteiger partial charge >= 0.3 is 0 Å². The van der Waals surface area contributed by atoms with Crippen LogP contribution in [0.4, 0.5) is 5.69 Å². The Hall–Kier alpha value is -2.08. The first-order chi connectivity index (χ1) is 9.45. The highest BCUT2D eigenvalue weighted by molar-refractivity contribution is 6.32. The Morgan fingerprint density at radius 2 is 2.20 bits per heavy atom. The van der Waals surface area contributed by atoms with E-state index in [0.717, 1.165) is 0 Å². The normalized spacial score (nSPS) is 10.7. The molecule has 2 rings (SSSR count). The lowest BCUT2D eigenvalue weighted by Gasteiger charge is -2.12. The van der Waals surface area contributed by atoms with Gasteiger partial charge in [0, 0.05) is 5.69 Å². The third-order valence-electron chi connectivity index (χ3n) is 2.35. The van der Waals surface area contributed by atoms with Crippen molar-refractivity contribution in [3.8, 4) is 5.75 Å². The van der Waals surface area contributed by atoms with Crippen LogP contribution in [0.1, 0.15) is 30.3 Å². The SMILES string of the molecule is Cc1nc(C(=O)Nc2ccc(OC(C)C)c(Cl)c2)n[nH]1. The van der Waals surface area contributed by atoms with E-state index in [4.69, 9.17) is 16.3 Å². The average molecular weight is 295 g/mol. The molecule has 0 radical (unpaired) electrons. The van der Waals surface area contributed by atoms with Crippen LogP contribution in [-0.2, 0) is 0 Å². The lowest BCUT2D eigenvalue weighted by atomic mass is 10.3. The zero-order valence-corrected chi connectivity index (χ0v) is 12.2. The van der Waals surface area contributed by atoms with E-state index in [9.17, 15) is 4.79 Å². The number of amides is 1. The van der Waals surface area contributed by atoms with E-state index in [0.29, 0.717) is 22.3 Å². The highest BCUT2D eigenvalue weighted by Crippen LogP contribution is 2.28. The van der Waals surface area contributed by atoms with Gasteiger partial charge in [-0.05, 0) is 39.0 Å². The van der Waals surface area contributed by atoms with Gasteiger partial charge in [-0.25, -0.2) is 4.98 Å². The Morgan fingerprint density at radius 1 is 1.45 bits per heavy atom. The molecular weight excluding hydrogens is 280 g/mol. The maximum absolute atomic E-state index is 11.9. The number of aromatic amines is 1. The lowest BCUT2D eigenvalue weighted by Crippen LogP contribution is -2.14. The molecule has 1 aromatic heterocycles. The Balaban J connectivity index is 2.10. The molecular formula is C13H15ClN4O2. The average Bonchev–Trinajstić information content (AvgIpc) is 2.79. The number of aryl methyl sites for hydroxylation is 1. The fourth-order valence-electron chi connectivity index (χ4n) is 1.56. The largest absolute Gasteiger partial charge is 0.489 e. The highest BCUT2D eigenvalue weighted by atomic mass is 35.5.